The van der Waals surface area contributed by atoms with Crippen molar-refractivity contribution >= 4 is 11.6 Å². The number of alkyl halides is 3. The summed E-state index contributed by atoms with van der Waals surface area (Å²) in [5.41, 5.74) is 5.80. The molecule has 3 N–H and O–H groups in total. The summed E-state index contributed by atoms with van der Waals surface area (Å²) >= 11 is 0. The molecule has 0 spiro atoms. The highest BCUT2D eigenvalue weighted by molar-refractivity contribution is 5.78. The Hall–Kier alpha value is -1.80. The van der Waals surface area contributed by atoms with Crippen molar-refractivity contribution in [2.45, 2.75) is 44.4 Å². The lowest BCUT2D eigenvalue weighted by molar-refractivity contribution is -0.138. The smallest absolute Gasteiger partial charge is 0.378 e. The van der Waals surface area contributed by atoms with Crippen LogP contribution in [0.5, 0.6) is 0 Å². The number of nitrogens with zero attached hydrogens (tertiary/aromatic N) is 1. The highest BCUT2D eigenvalue weighted by Gasteiger charge is 2.34. The Bertz CT molecular complexity index is 660. The molecule has 0 aromatic heterocycles. The molecule has 1 aliphatic carbocycles. The maximum atomic E-state index is 13.6. The zero-order valence-electron chi connectivity index (χ0n) is 15.2. The third-order valence-electron chi connectivity index (χ3n) is 5.31. The largest absolute Gasteiger partial charge is 0.416 e. The van der Waals surface area contributed by atoms with Crippen LogP contribution >= 0.6 is 0 Å². The van der Waals surface area contributed by atoms with E-state index >= 15 is 0 Å². The fourth-order valence-electron chi connectivity index (χ4n) is 3.79. The molecule has 8 heteroatoms. The molecule has 0 radical (unpaired) electrons. The van der Waals surface area contributed by atoms with E-state index in [0.29, 0.717) is 38.4 Å². The van der Waals surface area contributed by atoms with Crippen LogP contribution < -0.4 is 16.0 Å². The van der Waals surface area contributed by atoms with Crippen molar-refractivity contribution in [2.75, 3.05) is 31.2 Å². The number of halogens is 3. The van der Waals surface area contributed by atoms with E-state index in [-0.39, 0.29) is 30.0 Å². The van der Waals surface area contributed by atoms with Crippen LogP contribution in [0.2, 0.25) is 0 Å². The number of morpholine rings is 1. The van der Waals surface area contributed by atoms with Crippen LogP contribution in [0.4, 0.5) is 18.9 Å². The molecule has 150 valence electrons. The molecule has 2 fully saturated rings. The molecule has 1 aliphatic heterocycles. The fourth-order valence-corrected chi connectivity index (χ4v) is 3.79. The zero-order valence-corrected chi connectivity index (χ0v) is 15.2. The molecule has 2 atom stereocenters. The van der Waals surface area contributed by atoms with Crippen LogP contribution in [0.15, 0.2) is 18.2 Å². The Morgan fingerprint density at radius 3 is 2.67 bits per heavy atom. The van der Waals surface area contributed by atoms with Crippen LogP contribution in [-0.2, 0) is 22.3 Å². The van der Waals surface area contributed by atoms with Gasteiger partial charge in [0.15, 0.2) is 0 Å². The van der Waals surface area contributed by atoms with E-state index in [2.05, 4.69) is 5.32 Å². The molecule has 0 unspecified atom stereocenters. The quantitative estimate of drug-likeness (QED) is 0.836. The van der Waals surface area contributed by atoms with Gasteiger partial charge in [0, 0.05) is 37.3 Å². The Balaban J connectivity index is 1.71. The summed E-state index contributed by atoms with van der Waals surface area (Å²) in [7, 11) is 0. The molecule has 1 aromatic rings. The number of hydrogen-bond acceptors (Lipinski definition) is 4. The van der Waals surface area contributed by atoms with Crippen molar-refractivity contribution in [1.29, 1.82) is 0 Å². The standard InChI is InChI=1S/C19H26F3N3O2/c20-19(21,22)17-11-16(25-6-8-27-9-7-25)5-4-14(17)12-24-18(26)13-2-1-3-15(23)10-13/h4-5,11,13,15H,1-3,6-10,12,23H2,(H,24,26)/t13-,15-/m0/s1. The van der Waals surface area contributed by atoms with Gasteiger partial charge >= 0.3 is 6.18 Å². The van der Waals surface area contributed by atoms with E-state index in [1.165, 1.54) is 12.1 Å². The first-order valence-electron chi connectivity index (χ1n) is 9.40. The van der Waals surface area contributed by atoms with E-state index in [9.17, 15) is 18.0 Å². The first-order chi connectivity index (χ1) is 12.8. The first kappa shape index (κ1) is 19.9. The lowest BCUT2D eigenvalue weighted by Crippen LogP contribution is -2.38. The monoisotopic (exact) mass is 385 g/mol. The first-order valence-corrected chi connectivity index (χ1v) is 9.40. The van der Waals surface area contributed by atoms with E-state index in [4.69, 9.17) is 10.5 Å². The summed E-state index contributed by atoms with van der Waals surface area (Å²) in [6, 6.07) is 4.30. The van der Waals surface area contributed by atoms with Gasteiger partial charge in [-0.05, 0) is 37.0 Å². The van der Waals surface area contributed by atoms with Crippen LogP contribution in [0.1, 0.15) is 36.8 Å². The molecular weight excluding hydrogens is 359 g/mol. The fraction of sp³-hybridized carbons (Fsp3) is 0.632. The minimum absolute atomic E-state index is 0.00644. The van der Waals surface area contributed by atoms with Gasteiger partial charge in [0.25, 0.3) is 0 Å². The van der Waals surface area contributed by atoms with Gasteiger partial charge in [0.05, 0.1) is 18.8 Å². The average molecular weight is 385 g/mol. The van der Waals surface area contributed by atoms with Crippen LogP contribution in [0.3, 0.4) is 0 Å². The Morgan fingerprint density at radius 2 is 2.00 bits per heavy atom. The van der Waals surface area contributed by atoms with Gasteiger partial charge in [-0.3, -0.25) is 4.79 Å². The number of ether oxygens (including phenoxy) is 1. The number of benzene rings is 1. The predicted octanol–water partition coefficient (Wildman–Crippen LogP) is 2.68. The molecule has 3 rings (SSSR count). The molecule has 0 bridgehead atoms. The van der Waals surface area contributed by atoms with Crippen molar-refractivity contribution < 1.29 is 22.7 Å². The van der Waals surface area contributed by atoms with Crippen molar-refractivity contribution in [3.63, 3.8) is 0 Å². The summed E-state index contributed by atoms with van der Waals surface area (Å²) in [5.74, 6) is -0.425. The molecule has 1 saturated heterocycles. The van der Waals surface area contributed by atoms with Gasteiger partial charge in [-0.1, -0.05) is 12.5 Å². The Kier molecular flexibility index (Phi) is 6.26. The molecule has 27 heavy (non-hydrogen) atoms. The number of rotatable bonds is 4. The van der Waals surface area contributed by atoms with Crippen molar-refractivity contribution in [1.82, 2.24) is 5.32 Å². The van der Waals surface area contributed by atoms with Crippen LogP contribution in [-0.4, -0.2) is 38.3 Å². The van der Waals surface area contributed by atoms with E-state index in [1.807, 2.05) is 4.90 Å². The van der Waals surface area contributed by atoms with Gasteiger partial charge < -0.3 is 20.7 Å². The zero-order chi connectivity index (χ0) is 19.4. The second kappa shape index (κ2) is 8.48. The van der Waals surface area contributed by atoms with Crippen molar-refractivity contribution in [3.05, 3.63) is 29.3 Å². The molecule has 1 amide bonds. The lowest BCUT2D eigenvalue weighted by Gasteiger charge is -2.30. The lowest BCUT2D eigenvalue weighted by atomic mass is 9.85. The molecule has 1 aromatic carbocycles. The van der Waals surface area contributed by atoms with Gasteiger partial charge in [-0.15, -0.1) is 0 Å². The third kappa shape index (κ3) is 5.13. The number of anilines is 1. The minimum Gasteiger partial charge on any atom is -0.378 e. The molecular formula is C19H26F3N3O2. The SMILES string of the molecule is N[C@H]1CCC[C@H](C(=O)NCc2ccc(N3CCOCC3)cc2C(F)(F)F)C1. The van der Waals surface area contributed by atoms with Crippen molar-refractivity contribution in [2.24, 2.45) is 11.7 Å². The van der Waals surface area contributed by atoms with Gasteiger partial charge in [0.2, 0.25) is 5.91 Å². The van der Waals surface area contributed by atoms with E-state index in [0.717, 1.165) is 19.3 Å². The summed E-state index contributed by atoms with van der Waals surface area (Å²) in [4.78, 5) is 14.2. The summed E-state index contributed by atoms with van der Waals surface area (Å²) in [6.07, 6.45) is -1.38. The molecule has 1 heterocycles. The maximum Gasteiger partial charge on any atom is 0.416 e. The number of hydrogen-bond donors (Lipinski definition) is 2. The number of carbonyl (C=O) groups excluding carboxylic acids is 1. The highest BCUT2D eigenvalue weighted by atomic mass is 19.4. The molecule has 2 aliphatic rings. The maximum absolute atomic E-state index is 13.6. The number of carbonyl (C=O) groups is 1. The second-order valence-electron chi connectivity index (χ2n) is 7.28. The normalized spacial score (nSPS) is 23.9. The predicted molar refractivity (Wildman–Crippen MR) is 96.3 cm³/mol. The highest BCUT2D eigenvalue weighted by Crippen LogP contribution is 2.35. The topological polar surface area (TPSA) is 67.6 Å². The minimum atomic E-state index is -4.48. The van der Waals surface area contributed by atoms with E-state index in [1.54, 1.807) is 6.07 Å². The van der Waals surface area contributed by atoms with Gasteiger partial charge in [-0.2, -0.15) is 13.2 Å². The Morgan fingerprint density at radius 1 is 1.26 bits per heavy atom. The summed E-state index contributed by atoms with van der Waals surface area (Å²) < 4.78 is 45.9. The number of nitrogens with two attached hydrogens (primary N) is 1. The summed E-state index contributed by atoms with van der Waals surface area (Å²) in [5, 5.41) is 2.67. The van der Waals surface area contributed by atoms with Gasteiger partial charge in [-0.25, -0.2) is 0 Å². The number of nitrogens with one attached hydrogen (secondary N) is 1. The van der Waals surface area contributed by atoms with E-state index < -0.39 is 11.7 Å². The molecule has 5 nitrogen and oxygen atoms in total. The Labute approximate surface area is 157 Å². The number of amides is 1. The average Bonchev–Trinajstić information content (AvgIpc) is 2.66. The summed E-state index contributed by atoms with van der Waals surface area (Å²) in [6.45, 7) is 2.00. The van der Waals surface area contributed by atoms with Crippen LogP contribution in [0.25, 0.3) is 0 Å². The van der Waals surface area contributed by atoms with Gasteiger partial charge in [0.1, 0.15) is 0 Å². The molecule has 1 saturated carbocycles. The van der Waals surface area contributed by atoms with Crippen molar-refractivity contribution in [3.8, 4) is 0 Å². The third-order valence-corrected chi connectivity index (χ3v) is 5.31. The second-order valence-corrected chi connectivity index (χ2v) is 7.28. The van der Waals surface area contributed by atoms with Crippen LogP contribution in [0, 0.1) is 5.92 Å².